The lowest BCUT2D eigenvalue weighted by Crippen LogP contribution is -2.42. The van der Waals surface area contributed by atoms with Crippen molar-refractivity contribution < 1.29 is 4.79 Å². The van der Waals surface area contributed by atoms with Gasteiger partial charge in [-0.25, -0.2) is 0 Å². The van der Waals surface area contributed by atoms with Crippen LogP contribution in [0.3, 0.4) is 0 Å². The van der Waals surface area contributed by atoms with E-state index in [9.17, 15) is 4.79 Å². The van der Waals surface area contributed by atoms with Gasteiger partial charge in [0.05, 0.1) is 6.54 Å². The Morgan fingerprint density at radius 2 is 2.30 bits per heavy atom. The number of rotatable bonds is 5. The summed E-state index contributed by atoms with van der Waals surface area (Å²) < 4.78 is 0. The Hall–Kier alpha value is -1.36. The second-order valence-electron chi connectivity index (χ2n) is 5.85. The van der Waals surface area contributed by atoms with Gasteiger partial charge in [-0.3, -0.25) is 9.69 Å². The molecule has 0 spiro atoms. The number of carbonyl (C=O) groups is 1. The highest BCUT2D eigenvalue weighted by Gasteiger charge is 2.27. The SMILES string of the molecule is CC[C@@H]1c2ccsc2CCN1CC(=O)NCc1cccc(Cl)c1. The van der Waals surface area contributed by atoms with E-state index in [1.165, 1.54) is 10.4 Å². The first-order valence-corrected chi connectivity index (χ1v) is 9.24. The number of hydrogen-bond acceptors (Lipinski definition) is 3. The maximum absolute atomic E-state index is 12.3. The van der Waals surface area contributed by atoms with E-state index in [0.717, 1.165) is 24.9 Å². The summed E-state index contributed by atoms with van der Waals surface area (Å²) in [4.78, 5) is 16.1. The monoisotopic (exact) mass is 348 g/mol. The number of amides is 1. The fourth-order valence-electron chi connectivity index (χ4n) is 3.20. The molecule has 0 aliphatic carbocycles. The number of thiophene rings is 1. The highest BCUT2D eigenvalue weighted by molar-refractivity contribution is 7.10. The van der Waals surface area contributed by atoms with Crippen molar-refractivity contribution in [3.8, 4) is 0 Å². The Kier molecular flexibility index (Phi) is 5.36. The molecule has 0 fully saturated rings. The Labute approximate surface area is 146 Å². The molecular weight excluding hydrogens is 328 g/mol. The van der Waals surface area contributed by atoms with Crippen LogP contribution in [0.25, 0.3) is 0 Å². The van der Waals surface area contributed by atoms with Gasteiger partial charge in [0.15, 0.2) is 0 Å². The normalized spacial score (nSPS) is 17.7. The molecule has 1 aromatic heterocycles. The largest absolute Gasteiger partial charge is 0.351 e. The lowest BCUT2D eigenvalue weighted by atomic mass is 9.98. The van der Waals surface area contributed by atoms with Gasteiger partial charge in [-0.1, -0.05) is 30.7 Å². The van der Waals surface area contributed by atoms with Crippen LogP contribution in [-0.2, 0) is 17.8 Å². The standard InChI is InChI=1S/C18H21ClN2OS/c1-2-16-15-7-9-23-17(15)6-8-21(16)12-18(22)20-11-13-4-3-5-14(19)10-13/h3-5,7,9-10,16H,2,6,8,11-12H2,1H3,(H,20,22)/t16-/m1/s1. The van der Waals surface area contributed by atoms with Crippen molar-refractivity contribution in [1.29, 1.82) is 0 Å². The Bertz CT molecular complexity index is 685. The summed E-state index contributed by atoms with van der Waals surface area (Å²) in [6.45, 7) is 4.12. The van der Waals surface area contributed by atoms with Gasteiger partial charge in [-0.05, 0) is 47.5 Å². The minimum absolute atomic E-state index is 0.0714. The van der Waals surface area contributed by atoms with Gasteiger partial charge in [0.2, 0.25) is 5.91 Å². The summed E-state index contributed by atoms with van der Waals surface area (Å²) in [5.41, 5.74) is 2.43. The third-order valence-electron chi connectivity index (χ3n) is 4.32. The summed E-state index contributed by atoms with van der Waals surface area (Å²) in [5, 5.41) is 5.86. The summed E-state index contributed by atoms with van der Waals surface area (Å²) in [6.07, 6.45) is 2.08. The quantitative estimate of drug-likeness (QED) is 0.884. The number of nitrogens with one attached hydrogen (secondary N) is 1. The van der Waals surface area contributed by atoms with E-state index in [1.807, 2.05) is 35.6 Å². The van der Waals surface area contributed by atoms with Crippen LogP contribution < -0.4 is 5.32 Å². The first-order valence-electron chi connectivity index (χ1n) is 7.99. The molecule has 3 rings (SSSR count). The molecule has 0 radical (unpaired) electrons. The predicted octanol–water partition coefficient (Wildman–Crippen LogP) is 4.03. The molecule has 0 saturated heterocycles. The van der Waals surface area contributed by atoms with E-state index in [2.05, 4.69) is 28.6 Å². The number of nitrogens with zero attached hydrogens (tertiary/aromatic N) is 1. The number of benzene rings is 1. The van der Waals surface area contributed by atoms with E-state index >= 15 is 0 Å². The summed E-state index contributed by atoms with van der Waals surface area (Å²) >= 11 is 7.81. The molecule has 5 heteroatoms. The fourth-order valence-corrected chi connectivity index (χ4v) is 4.34. The van der Waals surface area contributed by atoms with Crippen molar-refractivity contribution in [3.63, 3.8) is 0 Å². The van der Waals surface area contributed by atoms with Crippen LogP contribution in [-0.4, -0.2) is 23.9 Å². The van der Waals surface area contributed by atoms with Gasteiger partial charge in [0, 0.05) is 29.0 Å². The highest BCUT2D eigenvalue weighted by atomic mass is 35.5. The van der Waals surface area contributed by atoms with E-state index in [1.54, 1.807) is 0 Å². The third-order valence-corrected chi connectivity index (χ3v) is 5.55. The smallest absolute Gasteiger partial charge is 0.234 e. The number of hydrogen-bond donors (Lipinski definition) is 1. The lowest BCUT2D eigenvalue weighted by molar-refractivity contribution is -0.123. The van der Waals surface area contributed by atoms with E-state index in [-0.39, 0.29) is 5.91 Å². The molecule has 122 valence electrons. The second-order valence-corrected chi connectivity index (χ2v) is 7.29. The molecule has 2 aromatic rings. The zero-order valence-electron chi connectivity index (χ0n) is 13.2. The van der Waals surface area contributed by atoms with Gasteiger partial charge < -0.3 is 5.32 Å². The molecule has 1 N–H and O–H groups in total. The van der Waals surface area contributed by atoms with E-state index in [0.29, 0.717) is 24.2 Å². The average Bonchev–Trinajstić information content (AvgIpc) is 3.01. The molecule has 1 atom stereocenters. The average molecular weight is 349 g/mol. The first-order chi connectivity index (χ1) is 11.2. The molecule has 3 nitrogen and oxygen atoms in total. The van der Waals surface area contributed by atoms with Gasteiger partial charge in [0.25, 0.3) is 0 Å². The molecule has 1 aliphatic rings. The molecule has 0 unspecified atom stereocenters. The van der Waals surface area contributed by atoms with E-state index in [4.69, 9.17) is 11.6 Å². The number of fused-ring (bicyclic) bond motifs is 1. The molecule has 1 amide bonds. The minimum atomic E-state index is 0.0714. The Morgan fingerprint density at radius 3 is 3.09 bits per heavy atom. The van der Waals surface area contributed by atoms with Crippen molar-refractivity contribution in [2.75, 3.05) is 13.1 Å². The van der Waals surface area contributed by atoms with Crippen LogP contribution in [0.5, 0.6) is 0 Å². The molecule has 0 bridgehead atoms. The molecule has 0 saturated carbocycles. The van der Waals surface area contributed by atoms with Crippen molar-refractivity contribution >= 4 is 28.8 Å². The minimum Gasteiger partial charge on any atom is -0.351 e. The van der Waals surface area contributed by atoms with Crippen molar-refractivity contribution in [1.82, 2.24) is 10.2 Å². The zero-order valence-corrected chi connectivity index (χ0v) is 14.8. The van der Waals surface area contributed by atoms with Crippen molar-refractivity contribution in [3.05, 3.63) is 56.7 Å². The van der Waals surface area contributed by atoms with Crippen LogP contribution >= 0.6 is 22.9 Å². The van der Waals surface area contributed by atoms with Gasteiger partial charge >= 0.3 is 0 Å². The van der Waals surface area contributed by atoms with Gasteiger partial charge in [-0.15, -0.1) is 11.3 Å². The molecule has 2 heterocycles. The maximum atomic E-state index is 12.3. The molecule has 1 aromatic carbocycles. The van der Waals surface area contributed by atoms with Crippen LogP contribution in [0.1, 0.15) is 35.4 Å². The molecule has 1 aliphatic heterocycles. The lowest BCUT2D eigenvalue weighted by Gasteiger charge is -2.34. The fraction of sp³-hybridized carbons (Fsp3) is 0.389. The third kappa shape index (κ3) is 3.94. The van der Waals surface area contributed by atoms with Crippen LogP contribution in [0, 0.1) is 0 Å². The van der Waals surface area contributed by atoms with E-state index < -0.39 is 0 Å². The van der Waals surface area contributed by atoms with Crippen LogP contribution in [0.15, 0.2) is 35.7 Å². The second kappa shape index (κ2) is 7.47. The predicted molar refractivity (Wildman–Crippen MR) is 95.9 cm³/mol. The highest BCUT2D eigenvalue weighted by Crippen LogP contribution is 2.34. The number of halogens is 1. The number of carbonyl (C=O) groups excluding carboxylic acids is 1. The summed E-state index contributed by atoms with van der Waals surface area (Å²) in [5.74, 6) is 0.0714. The molecule has 23 heavy (non-hydrogen) atoms. The topological polar surface area (TPSA) is 32.3 Å². The Balaban J connectivity index is 1.57. The first kappa shape index (κ1) is 16.5. The van der Waals surface area contributed by atoms with Gasteiger partial charge in [0.1, 0.15) is 0 Å². The van der Waals surface area contributed by atoms with Crippen LogP contribution in [0.4, 0.5) is 0 Å². The van der Waals surface area contributed by atoms with Crippen molar-refractivity contribution in [2.24, 2.45) is 0 Å². The van der Waals surface area contributed by atoms with Crippen molar-refractivity contribution in [2.45, 2.75) is 32.4 Å². The summed E-state index contributed by atoms with van der Waals surface area (Å²) in [6, 6.07) is 10.2. The van der Waals surface area contributed by atoms with Crippen LogP contribution in [0.2, 0.25) is 5.02 Å². The summed E-state index contributed by atoms with van der Waals surface area (Å²) in [7, 11) is 0. The maximum Gasteiger partial charge on any atom is 0.234 e. The molecular formula is C18H21ClN2OS. The Morgan fingerprint density at radius 1 is 1.43 bits per heavy atom. The zero-order chi connectivity index (χ0) is 16.2. The van der Waals surface area contributed by atoms with Gasteiger partial charge in [-0.2, -0.15) is 0 Å².